The first kappa shape index (κ1) is 26.2. The molecule has 1 aromatic carbocycles. The summed E-state index contributed by atoms with van der Waals surface area (Å²) in [7, 11) is 1.57. The number of aryl methyl sites for hydroxylation is 1. The molecular weight excluding hydrogens is 494 g/mol. The Labute approximate surface area is 201 Å². The van der Waals surface area contributed by atoms with Gasteiger partial charge in [0.25, 0.3) is 5.91 Å². The second-order valence-corrected chi connectivity index (χ2v) is 8.58. The fourth-order valence-corrected chi connectivity index (χ4v) is 3.88. The number of anilines is 1. The molecule has 0 saturated heterocycles. The van der Waals surface area contributed by atoms with Crippen molar-refractivity contribution in [3.63, 3.8) is 0 Å². The number of hydrogen-bond acceptors (Lipinski definition) is 9. The van der Waals surface area contributed by atoms with E-state index in [0.29, 0.717) is 22.1 Å². The summed E-state index contributed by atoms with van der Waals surface area (Å²) in [6.07, 6.45) is -4.14. The topological polar surface area (TPSA) is 112 Å². The summed E-state index contributed by atoms with van der Waals surface area (Å²) < 4.78 is 55.5. The Morgan fingerprint density at radius 3 is 2.77 bits per heavy atom. The minimum Gasteiger partial charge on any atom is -0.406 e. The van der Waals surface area contributed by atoms with E-state index in [4.69, 9.17) is 0 Å². The van der Waals surface area contributed by atoms with Gasteiger partial charge in [0.15, 0.2) is 0 Å². The van der Waals surface area contributed by atoms with Crippen LogP contribution in [-0.2, 0) is 22.6 Å². The SMILES string of the molecule is CC(=O)Nc1nnc(CCC(F)CN2C=C(C(=O)NCc3cccc(OC(F)(F)F)c3)N(C)N2)s1. The average molecular weight is 518 g/mol. The standard InChI is InChI=1S/C20H23F4N7O3S/c1-12(32)26-19-28-27-17(35-19)7-6-14(21)10-31-11-16(30(2)29-31)18(33)25-9-13-4-3-5-15(8-13)34-20(22,23)24/h3-5,8,11,14,29H,6-7,9-10H2,1-2H3,(H,25,33)(H,26,28,32). The number of carbonyl (C=O) groups excluding carboxylic acids is 2. The van der Waals surface area contributed by atoms with Crippen LogP contribution in [0.5, 0.6) is 5.75 Å². The van der Waals surface area contributed by atoms with Crippen LogP contribution in [-0.4, -0.2) is 58.2 Å². The fourth-order valence-electron chi connectivity index (χ4n) is 3.08. The second kappa shape index (κ2) is 11.3. The third-order valence-electron chi connectivity index (χ3n) is 4.55. The summed E-state index contributed by atoms with van der Waals surface area (Å²) in [4.78, 5) is 23.6. The average Bonchev–Trinajstić information content (AvgIpc) is 3.35. The highest BCUT2D eigenvalue weighted by molar-refractivity contribution is 7.15. The number of aromatic nitrogens is 2. The Kier molecular flexibility index (Phi) is 8.45. The Bertz CT molecular complexity index is 1080. The highest BCUT2D eigenvalue weighted by Gasteiger charge is 2.31. The first-order valence-corrected chi connectivity index (χ1v) is 11.2. The van der Waals surface area contributed by atoms with Gasteiger partial charge in [-0.15, -0.1) is 28.9 Å². The third-order valence-corrected chi connectivity index (χ3v) is 5.45. The van der Waals surface area contributed by atoms with E-state index in [9.17, 15) is 27.2 Å². The van der Waals surface area contributed by atoms with Crippen molar-refractivity contribution in [2.75, 3.05) is 18.9 Å². The van der Waals surface area contributed by atoms with Crippen molar-refractivity contribution < 1.29 is 31.9 Å². The van der Waals surface area contributed by atoms with Crippen molar-refractivity contribution in [3.05, 3.63) is 46.7 Å². The number of alkyl halides is 4. The fraction of sp³-hybridized carbons (Fsp3) is 0.400. The smallest absolute Gasteiger partial charge is 0.406 e. The number of nitrogens with zero attached hydrogens (tertiary/aromatic N) is 4. The summed E-state index contributed by atoms with van der Waals surface area (Å²) in [6, 6.07) is 5.27. The summed E-state index contributed by atoms with van der Waals surface area (Å²) in [6.45, 7) is 1.27. The van der Waals surface area contributed by atoms with E-state index in [-0.39, 0.29) is 36.9 Å². The van der Waals surface area contributed by atoms with E-state index < -0.39 is 18.4 Å². The van der Waals surface area contributed by atoms with Crippen molar-refractivity contribution in [1.29, 1.82) is 0 Å². The molecule has 1 aromatic heterocycles. The Morgan fingerprint density at radius 1 is 1.29 bits per heavy atom. The molecule has 3 N–H and O–H groups in total. The van der Waals surface area contributed by atoms with Gasteiger partial charge in [-0.3, -0.25) is 19.6 Å². The number of rotatable bonds is 10. The number of ether oxygens (including phenoxy) is 1. The molecule has 2 heterocycles. The summed E-state index contributed by atoms with van der Waals surface area (Å²) in [5.41, 5.74) is 3.44. The molecule has 1 atom stereocenters. The van der Waals surface area contributed by atoms with Crippen LogP contribution >= 0.6 is 11.3 Å². The van der Waals surface area contributed by atoms with Crippen LogP contribution in [0.3, 0.4) is 0 Å². The van der Waals surface area contributed by atoms with Gasteiger partial charge in [0.2, 0.25) is 11.0 Å². The van der Waals surface area contributed by atoms with Gasteiger partial charge < -0.3 is 15.4 Å². The minimum absolute atomic E-state index is 0.0346. The van der Waals surface area contributed by atoms with Gasteiger partial charge >= 0.3 is 6.36 Å². The van der Waals surface area contributed by atoms with E-state index in [1.807, 2.05) is 0 Å². The van der Waals surface area contributed by atoms with Crippen LogP contribution in [0.2, 0.25) is 0 Å². The molecule has 1 aliphatic rings. The Hall–Kier alpha value is -3.46. The molecule has 0 aliphatic carbocycles. The maximum absolute atomic E-state index is 14.5. The van der Waals surface area contributed by atoms with E-state index in [2.05, 4.69) is 31.1 Å². The molecule has 0 bridgehead atoms. The van der Waals surface area contributed by atoms with Crippen LogP contribution in [0.4, 0.5) is 22.7 Å². The van der Waals surface area contributed by atoms with Crippen molar-refractivity contribution in [2.24, 2.45) is 0 Å². The Morgan fingerprint density at radius 2 is 2.06 bits per heavy atom. The molecule has 1 unspecified atom stereocenters. The van der Waals surface area contributed by atoms with Gasteiger partial charge in [-0.1, -0.05) is 23.5 Å². The van der Waals surface area contributed by atoms with Crippen LogP contribution in [0, 0.1) is 0 Å². The van der Waals surface area contributed by atoms with E-state index >= 15 is 0 Å². The summed E-state index contributed by atoms with van der Waals surface area (Å²) in [5, 5.41) is 16.6. The highest BCUT2D eigenvalue weighted by atomic mass is 32.1. The van der Waals surface area contributed by atoms with Crippen molar-refractivity contribution in [1.82, 2.24) is 31.1 Å². The monoisotopic (exact) mass is 517 g/mol. The largest absolute Gasteiger partial charge is 0.573 e. The number of carbonyl (C=O) groups is 2. The quantitative estimate of drug-likeness (QED) is 0.413. The summed E-state index contributed by atoms with van der Waals surface area (Å²) >= 11 is 1.17. The molecule has 0 fully saturated rings. The van der Waals surface area contributed by atoms with Crippen molar-refractivity contribution in [3.8, 4) is 5.75 Å². The summed E-state index contributed by atoms with van der Waals surface area (Å²) in [5.74, 6) is -1.15. The van der Waals surface area contributed by atoms with Crippen LogP contribution < -0.4 is 20.9 Å². The van der Waals surface area contributed by atoms with Gasteiger partial charge in [-0.05, 0) is 24.1 Å². The molecule has 190 valence electrons. The van der Waals surface area contributed by atoms with Gasteiger partial charge in [0.05, 0.1) is 6.54 Å². The molecule has 0 radical (unpaired) electrons. The number of hydrazine groups is 2. The van der Waals surface area contributed by atoms with Gasteiger partial charge in [0.1, 0.15) is 22.6 Å². The maximum atomic E-state index is 14.5. The normalized spacial score (nSPS) is 14.5. The minimum atomic E-state index is -4.81. The van der Waals surface area contributed by atoms with Crippen LogP contribution in [0.15, 0.2) is 36.2 Å². The molecule has 10 nitrogen and oxygen atoms in total. The third kappa shape index (κ3) is 8.36. The molecule has 3 rings (SSSR count). The first-order valence-electron chi connectivity index (χ1n) is 10.3. The lowest BCUT2D eigenvalue weighted by Crippen LogP contribution is -2.42. The number of nitrogens with one attached hydrogen (secondary N) is 3. The predicted octanol–water partition coefficient (Wildman–Crippen LogP) is 2.49. The van der Waals surface area contributed by atoms with Crippen molar-refractivity contribution >= 4 is 28.3 Å². The second-order valence-electron chi connectivity index (χ2n) is 7.52. The van der Waals surface area contributed by atoms with Gasteiger partial charge in [0, 0.05) is 33.1 Å². The van der Waals surface area contributed by atoms with Crippen LogP contribution in [0.25, 0.3) is 0 Å². The molecule has 1 aliphatic heterocycles. The van der Waals surface area contributed by atoms with E-state index in [1.54, 1.807) is 13.1 Å². The zero-order valence-corrected chi connectivity index (χ0v) is 19.5. The molecule has 0 saturated carbocycles. The lowest BCUT2D eigenvalue weighted by Gasteiger charge is -2.21. The zero-order chi connectivity index (χ0) is 25.6. The molecule has 2 amide bonds. The van der Waals surface area contributed by atoms with Crippen LogP contribution in [0.1, 0.15) is 23.9 Å². The molecule has 2 aromatic rings. The number of likely N-dealkylation sites (N-methyl/N-ethyl adjacent to an activating group) is 1. The van der Waals surface area contributed by atoms with Crippen molar-refractivity contribution in [2.45, 2.75) is 38.8 Å². The van der Waals surface area contributed by atoms with Gasteiger partial charge in [-0.25, -0.2) is 4.39 Å². The Balaban J connectivity index is 1.47. The molecular formula is C20H23F4N7O3S. The molecule has 0 spiro atoms. The lowest BCUT2D eigenvalue weighted by molar-refractivity contribution is -0.274. The zero-order valence-electron chi connectivity index (χ0n) is 18.7. The first-order chi connectivity index (χ1) is 16.5. The number of halogens is 4. The van der Waals surface area contributed by atoms with E-state index in [1.165, 1.54) is 46.6 Å². The van der Waals surface area contributed by atoms with E-state index in [0.717, 1.165) is 6.07 Å². The lowest BCUT2D eigenvalue weighted by atomic mass is 10.2. The predicted molar refractivity (Wildman–Crippen MR) is 118 cm³/mol. The molecule has 35 heavy (non-hydrogen) atoms. The maximum Gasteiger partial charge on any atom is 0.573 e. The highest BCUT2D eigenvalue weighted by Crippen LogP contribution is 2.23. The number of amides is 2. The van der Waals surface area contributed by atoms with Gasteiger partial charge in [-0.2, -0.15) is 0 Å². The molecule has 15 heteroatoms. The number of hydrogen-bond donors (Lipinski definition) is 3. The number of benzene rings is 1.